The van der Waals surface area contributed by atoms with Crippen LogP contribution < -0.4 is 5.73 Å². The second-order valence-electron chi connectivity index (χ2n) is 5.01. The molecule has 0 fully saturated rings. The Kier molecular flexibility index (Phi) is 5.36. The van der Waals surface area contributed by atoms with Crippen LogP contribution in [0.15, 0.2) is 42.7 Å². The summed E-state index contributed by atoms with van der Waals surface area (Å²) >= 11 is 5.02. The second kappa shape index (κ2) is 7.24. The van der Waals surface area contributed by atoms with Gasteiger partial charge in [-0.05, 0) is 54.9 Å². The van der Waals surface area contributed by atoms with Gasteiger partial charge < -0.3 is 10.6 Å². The van der Waals surface area contributed by atoms with Gasteiger partial charge in [-0.15, -0.1) is 0 Å². The van der Waals surface area contributed by atoms with Crippen molar-refractivity contribution in [1.29, 1.82) is 0 Å². The first kappa shape index (κ1) is 15.5. The maximum Gasteiger partial charge on any atom is 0.123 e. The largest absolute Gasteiger partial charge is 0.389 e. The molecule has 0 radical (unpaired) electrons. The summed E-state index contributed by atoms with van der Waals surface area (Å²) in [6.45, 7) is 1.47. The Labute approximate surface area is 129 Å². The summed E-state index contributed by atoms with van der Waals surface area (Å²) in [5, 5.41) is 0. The van der Waals surface area contributed by atoms with Crippen molar-refractivity contribution in [2.45, 2.75) is 13.0 Å². The predicted molar refractivity (Wildman–Crippen MR) is 86.6 cm³/mol. The topological polar surface area (TPSA) is 42.2 Å². The van der Waals surface area contributed by atoms with Gasteiger partial charge >= 0.3 is 0 Å². The predicted octanol–water partition coefficient (Wildman–Crippen LogP) is 2.53. The maximum absolute atomic E-state index is 13.4. The Bertz CT molecular complexity index is 616. The monoisotopic (exact) mass is 303 g/mol. The van der Waals surface area contributed by atoms with E-state index in [1.54, 1.807) is 18.5 Å². The molecule has 0 aliphatic heterocycles. The quantitative estimate of drug-likeness (QED) is 0.833. The van der Waals surface area contributed by atoms with Gasteiger partial charge in [0.15, 0.2) is 0 Å². The van der Waals surface area contributed by atoms with Crippen molar-refractivity contribution in [2.75, 3.05) is 13.6 Å². The number of likely N-dealkylation sites (N-methyl/N-ethyl adjacent to an activating group) is 1. The Morgan fingerprint density at radius 3 is 2.67 bits per heavy atom. The molecule has 3 nitrogen and oxygen atoms in total. The molecule has 1 aromatic carbocycles. The zero-order valence-corrected chi connectivity index (χ0v) is 12.7. The number of benzene rings is 1. The number of rotatable bonds is 6. The highest BCUT2D eigenvalue weighted by Gasteiger charge is 2.09. The van der Waals surface area contributed by atoms with Crippen molar-refractivity contribution in [3.05, 3.63) is 65.2 Å². The maximum atomic E-state index is 13.4. The highest BCUT2D eigenvalue weighted by Crippen LogP contribution is 2.14. The lowest BCUT2D eigenvalue weighted by molar-refractivity contribution is 0.330. The zero-order valence-electron chi connectivity index (χ0n) is 11.9. The van der Waals surface area contributed by atoms with Gasteiger partial charge in [-0.3, -0.25) is 4.98 Å². The third-order valence-electron chi connectivity index (χ3n) is 3.30. The number of nitrogens with two attached hydrogens (primary N) is 1. The smallest absolute Gasteiger partial charge is 0.123 e. The van der Waals surface area contributed by atoms with Crippen LogP contribution in [-0.2, 0) is 13.0 Å². The van der Waals surface area contributed by atoms with Gasteiger partial charge in [-0.25, -0.2) is 4.39 Å². The molecule has 0 atom stereocenters. The molecule has 0 saturated heterocycles. The van der Waals surface area contributed by atoms with E-state index in [4.69, 9.17) is 18.0 Å². The first-order chi connectivity index (χ1) is 10.1. The molecular formula is C16H18FN3S. The van der Waals surface area contributed by atoms with E-state index in [1.807, 2.05) is 19.2 Å². The van der Waals surface area contributed by atoms with Gasteiger partial charge in [-0.1, -0.05) is 12.2 Å². The van der Waals surface area contributed by atoms with Crippen molar-refractivity contribution in [1.82, 2.24) is 9.88 Å². The fourth-order valence-electron chi connectivity index (χ4n) is 2.17. The summed E-state index contributed by atoms with van der Waals surface area (Å²) in [7, 11) is 2.00. The van der Waals surface area contributed by atoms with Crippen LogP contribution in [0.4, 0.5) is 4.39 Å². The first-order valence-corrected chi connectivity index (χ1v) is 7.13. The summed E-state index contributed by atoms with van der Waals surface area (Å²) in [6.07, 6.45) is 4.48. The minimum Gasteiger partial charge on any atom is -0.389 e. The molecule has 2 N–H and O–H groups in total. The Morgan fingerprint density at radius 2 is 2.00 bits per heavy atom. The molecule has 110 valence electrons. The molecule has 2 aromatic rings. The van der Waals surface area contributed by atoms with Crippen molar-refractivity contribution in [3.63, 3.8) is 0 Å². The van der Waals surface area contributed by atoms with E-state index in [0.717, 1.165) is 24.1 Å². The Balaban J connectivity index is 2.01. The molecule has 0 amide bonds. The van der Waals surface area contributed by atoms with Crippen LogP contribution in [-0.4, -0.2) is 28.5 Å². The average molecular weight is 303 g/mol. The minimum atomic E-state index is -0.271. The molecule has 0 spiro atoms. The van der Waals surface area contributed by atoms with Crippen molar-refractivity contribution in [2.24, 2.45) is 5.73 Å². The number of aromatic nitrogens is 1. The highest BCUT2D eigenvalue weighted by atomic mass is 32.1. The average Bonchev–Trinajstić information content (AvgIpc) is 2.46. The molecule has 5 heteroatoms. The molecule has 0 saturated carbocycles. The van der Waals surface area contributed by atoms with Crippen LogP contribution in [0.3, 0.4) is 0 Å². The van der Waals surface area contributed by atoms with Gasteiger partial charge in [-0.2, -0.15) is 0 Å². The van der Waals surface area contributed by atoms with Crippen LogP contribution in [0.5, 0.6) is 0 Å². The van der Waals surface area contributed by atoms with E-state index in [-0.39, 0.29) is 5.82 Å². The summed E-state index contributed by atoms with van der Waals surface area (Å²) in [5.41, 5.74) is 8.47. The number of hydrogen-bond acceptors (Lipinski definition) is 3. The molecular weight excluding hydrogens is 285 g/mol. The van der Waals surface area contributed by atoms with Crippen LogP contribution in [0.25, 0.3) is 0 Å². The van der Waals surface area contributed by atoms with Crippen LogP contribution in [0, 0.1) is 5.82 Å². The number of hydrogen-bond donors (Lipinski definition) is 1. The van der Waals surface area contributed by atoms with E-state index in [9.17, 15) is 4.39 Å². The Morgan fingerprint density at radius 1 is 1.29 bits per heavy atom. The normalized spacial score (nSPS) is 10.8. The van der Waals surface area contributed by atoms with Gasteiger partial charge in [0.2, 0.25) is 0 Å². The lowest BCUT2D eigenvalue weighted by Crippen LogP contribution is -2.23. The van der Waals surface area contributed by atoms with E-state index in [2.05, 4.69) is 9.88 Å². The molecule has 1 heterocycles. The van der Waals surface area contributed by atoms with Gasteiger partial charge in [0, 0.05) is 31.0 Å². The highest BCUT2D eigenvalue weighted by molar-refractivity contribution is 7.80. The molecule has 0 bridgehead atoms. The number of nitrogens with zero attached hydrogens (tertiary/aromatic N) is 2. The number of thiocarbonyl (C=S) groups is 1. The zero-order chi connectivity index (χ0) is 15.2. The van der Waals surface area contributed by atoms with Crippen LogP contribution >= 0.6 is 12.2 Å². The van der Waals surface area contributed by atoms with Crippen molar-refractivity contribution < 1.29 is 4.39 Å². The van der Waals surface area contributed by atoms with Gasteiger partial charge in [0.05, 0.1) is 0 Å². The van der Waals surface area contributed by atoms with E-state index in [0.29, 0.717) is 11.5 Å². The summed E-state index contributed by atoms with van der Waals surface area (Å²) < 4.78 is 13.4. The van der Waals surface area contributed by atoms with Crippen molar-refractivity contribution in [3.8, 4) is 0 Å². The second-order valence-corrected chi connectivity index (χ2v) is 5.45. The number of halogens is 1. The Hall–Kier alpha value is -1.85. The SMILES string of the molecule is CN(CCc1ccncc1)Cc1cc(F)ccc1C(N)=S. The third-order valence-corrected chi connectivity index (χ3v) is 3.52. The first-order valence-electron chi connectivity index (χ1n) is 6.72. The molecule has 2 rings (SSSR count). The summed E-state index contributed by atoms with van der Waals surface area (Å²) in [6, 6.07) is 8.52. The van der Waals surface area contributed by atoms with Gasteiger partial charge in [0.25, 0.3) is 0 Å². The van der Waals surface area contributed by atoms with E-state index < -0.39 is 0 Å². The molecule has 21 heavy (non-hydrogen) atoms. The van der Waals surface area contributed by atoms with E-state index in [1.165, 1.54) is 17.7 Å². The molecule has 0 unspecified atom stereocenters. The summed E-state index contributed by atoms with van der Waals surface area (Å²) in [5.74, 6) is -0.271. The lowest BCUT2D eigenvalue weighted by Gasteiger charge is -2.18. The van der Waals surface area contributed by atoms with Crippen molar-refractivity contribution >= 4 is 17.2 Å². The minimum absolute atomic E-state index is 0.271. The lowest BCUT2D eigenvalue weighted by atomic mass is 10.1. The molecule has 0 aliphatic rings. The standard InChI is InChI=1S/C16H18FN3S/c1-20(9-6-12-4-7-19-8-5-12)11-13-10-14(17)2-3-15(13)16(18)21/h2-5,7-8,10H,6,9,11H2,1H3,(H2,18,21). The number of pyridine rings is 1. The fraction of sp³-hybridized carbons (Fsp3) is 0.250. The molecule has 1 aromatic heterocycles. The fourth-order valence-corrected chi connectivity index (χ4v) is 2.37. The van der Waals surface area contributed by atoms with Crippen LogP contribution in [0.2, 0.25) is 0 Å². The van der Waals surface area contributed by atoms with Gasteiger partial charge in [0.1, 0.15) is 10.8 Å². The summed E-state index contributed by atoms with van der Waals surface area (Å²) in [4.78, 5) is 6.42. The molecule has 0 aliphatic carbocycles. The van der Waals surface area contributed by atoms with E-state index >= 15 is 0 Å². The third kappa shape index (κ3) is 4.58. The van der Waals surface area contributed by atoms with Crippen LogP contribution in [0.1, 0.15) is 16.7 Å².